The Hall–Kier alpha value is -4.74. The van der Waals surface area contributed by atoms with Gasteiger partial charge in [-0.2, -0.15) is 9.78 Å². The summed E-state index contributed by atoms with van der Waals surface area (Å²) in [6.07, 6.45) is 1.53. The summed E-state index contributed by atoms with van der Waals surface area (Å²) >= 11 is 7.03. The molecule has 0 aliphatic heterocycles. The number of benzene rings is 4. The first-order chi connectivity index (χ1) is 20.9. The van der Waals surface area contributed by atoms with Crippen LogP contribution in [0.3, 0.4) is 0 Å². The molecule has 0 unspecified atom stereocenters. The Morgan fingerprint density at radius 1 is 0.977 bits per heavy atom. The minimum absolute atomic E-state index is 0.191. The molecule has 0 radical (unpaired) electrons. The van der Waals surface area contributed by atoms with E-state index in [0.717, 1.165) is 5.39 Å². The van der Waals surface area contributed by atoms with E-state index < -0.39 is 0 Å². The lowest BCUT2D eigenvalue weighted by Gasteiger charge is -2.12. The first kappa shape index (κ1) is 28.4. The third-order valence-electron chi connectivity index (χ3n) is 6.46. The van der Waals surface area contributed by atoms with Crippen molar-refractivity contribution in [1.82, 2.24) is 9.66 Å². The second-order valence-electron chi connectivity index (χ2n) is 9.31. The molecule has 6 aromatic rings. The van der Waals surface area contributed by atoms with Crippen molar-refractivity contribution in [2.45, 2.75) is 0 Å². The zero-order valence-electron chi connectivity index (χ0n) is 22.6. The molecule has 1 amide bonds. The fourth-order valence-electron chi connectivity index (χ4n) is 4.49. The second-order valence-corrected chi connectivity index (χ2v) is 11.0. The fraction of sp³-hybridized carbons (Fsp3) is 0.0625. The van der Waals surface area contributed by atoms with E-state index in [0.29, 0.717) is 53.9 Å². The summed E-state index contributed by atoms with van der Waals surface area (Å²) in [5, 5.41) is 8.47. The number of nitrogens with one attached hydrogen (secondary N) is 1. The molecule has 2 aromatic heterocycles. The predicted molar refractivity (Wildman–Crippen MR) is 173 cm³/mol. The van der Waals surface area contributed by atoms with Crippen LogP contribution < -0.4 is 20.3 Å². The summed E-state index contributed by atoms with van der Waals surface area (Å²) in [6.45, 7) is -0.191. The van der Waals surface area contributed by atoms with Crippen molar-refractivity contribution in [2.75, 3.05) is 19.0 Å². The third kappa shape index (κ3) is 5.95. The number of furan rings is 1. The van der Waals surface area contributed by atoms with Crippen molar-refractivity contribution >= 4 is 71.5 Å². The average Bonchev–Trinajstić information content (AvgIpc) is 3.45. The minimum Gasteiger partial charge on any atom is -0.496 e. The Kier molecular flexibility index (Phi) is 8.08. The maximum Gasteiger partial charge on any atom is 0.282 e. The quantitative estimate of drug-likeness (QED) is 0.168. The van der Waals surface area contributed by atoms with Gasteiger partial charge in [-0.25, -0.2) is 4.98 Å². The first-order valence-corrected chi connectivity index (χ1v) is 14.6. The highest BCUT2D eigenvalue weighted by molar-refractivity contribution is 9.11. The van der Waals surface area contributed by atoms with Gasteiger partial charge in [0.1, 0.15) is 17.1 Å². The normalized spacial score (nSPS) is 11.3. The standard InChI is InChI=1S/C32H22Br2N4O5/c1-41-26-12-7-13-27-22(26)16-28(43-27)31-37-25-11-6-5-10-21(25)32(40)38(31)35-17-19-14-23(33)30(24(34)15-19)42-18-29(39)36-20-8-3-2-4-9-20/h2-17H,18H2,1H3,(H,36,39). The zero-order valence-corrected chi connectivity index (χ0v) is 25.8. The number of amides is 1. The summed E-state index contributed by atoms with van der Waals surface area (Å²) in [7, 11) is 1.59. The molecular formula is C32H22Br2N4O5. The molecule has 6 rings (SSSR count). The number of carbonyl (C=O) groups is 1. The maximum atomic E-state index is 13.6. The molecule has 0 fully saturated rings. The van der Waals surface area contributed by atoms with Crippen LogP contribution in [0.5, 0.6) is 11.5 Å². The van der Waals surface area contributed by atoms with E-state index in [-0.39, 0.29) is 23.9 Å². The van der Waals surface area contributed by atoms with E-state index >= 15 is 0 Å². The summed E-state index contributed by atoms with van der Waals surface area (Å²) in [4.78, 5) is 30.7. The van der Waals surface area contributed by atoms with E-state index in [1.54, 1.807) is 55.6 Å². The molecule has 0 bridgehead atoms. The van der Waals surface area contributed by atoms with Crippen LogP contribution in [0.15, 0.2) is 114 Å². The van der Waals surface area contributed by atoms with Gasteiger partial charge in [-0.3, -0.25) is 9.59 Å². The highest BCUT2D eigenvalue weighted by Gasteiger charge is 2.18. The summed E-state index contributed by atoms with van der Waals surface area (Å²) in [6, 6.07) is 27.0. The lowest BCUT2D eigenvalue weighted by Crippen LogP contribution is -2.20. The number of hydrogen-bond donors (Lipinski definition) is 1. The van der Waals surface area contributed by atoms with Crippen LogP contribution in [0.2, 0.25) is 0 Å². The van der Waals surface area contributed by atoms with E-state index in [9.17, 15) is 9.59 Å². The van der Waals surface area contributed by atoms with Crippen molar-refractivity contribution in [1.29, 1.82) is 0 Å². The second kappa shape index (κ2) is 12.2. The number of aromatic nitrogens is 2. The van der Waals surface area contributed by atoms with Gasteiger partial charge in [0.15, 0.2) is 12.4 Å². The Balaban J connectivity index is 1.32. The van der Waals surface area contributed by atoms with Crippen molar-refractivity contribution in [3.05, 3.63) is 116 Å². The van der Waals surface area contributed by atoms with Crippen molar-refractivity contribution in [3.63, 3.8) is 0 Å². The molecule has 0 atom stereocenters. The highest BCUT2D eigenvalue weighted by Crippen LogP contribution is 2.35. The average molecular weight is 702 g/mol. The molecule has 0 saturated carbocycles. The lowest BCUT2D eigenvalue weighted by molar-refractivity contribution is -0.118. The summed E-state index contributed by atoms with van der Waals surface area (Å²) in [5.74, 6) is 1.39. The first-order valence-electron chi connectivity index (χ1n) is 13.0. The number of fused-ring (bicyclic) bond motifs is 2. The van der Waals surface area contributed by atoms with Gasteiger partial charge in [0.05, 0.1) is 38.6 Å². The lowest BCUT2D eigenvalue weighted by atomic mass is 10.2. The number of methoxy groups -OCH3 is 1. The van der Waals surface area contributed by atoms with Crippen molar-refractivity contribution in [2.24, 2.45) is 5.10 Å². The van der Waals surface area contributed by atoms with Gasteiger partial charge in [0.25, 0.3) is 11.5 Å². The molecule has 43 heavy (non-hydrogen) atoms. The zero-order chi connectivity index (χ0) is 29.9. The van der Waals surface area contributed by atoms with E-state index in [2.05, 4.69) is 42.3 Å². The van der Waals surface area contributed by atoms with Crippen LogP contribution in [0.25, 0.3) is 33.5 Å². The largest absolute Gasteiger partial charge is 0.496 e. The number of anilines is 1. The van der Waals surface area contributed by atoms with Crippen molar-refractivity contribution in [3.8, 4) is 23.1 Å². The molecule has 0 aliphatic carbocycles. The van der Waals surface area contributed by atoms with E-state index in [1.165, 1.54) is 10.9 Å². The number of halogens is 2. The number of para-hydroxylation sites is 2. The summed E-state index contributed by atoms with van der Waals surface area (Å²) in [5.41, 5.74) is 2.09. The van der Waals surface area contributed by atoms with Crippen LogP contribution in [0, 0.1) is 0 Å². The Morgan fingerprint density at radius 3 is 2.49 bits per heavy atom. The van der Waals surface area contributed by atoms with Gasteiger partial charge in [0, 0.05) is 5.69 Å². The highest BCUT2D eigenvalue weighted by atomic mass is 79.9. The van der Waals surface area contributed by atoms with Gasteiger partial charge < -0.3 is 19.2 Å². The maximum absolute atomic E-state index is 13.6. The molecular weight excluding hydrogens is 680 g/mol. The Labute approximate surface area is 262 Å². The smallest absolute Gasteiger partial charge is 0.282 e. The number of ether oxygens (including phenoxy) is 2. The van der Waals surface area contributed by atoms with Crippen LogP contribution in [-0.2, 0) is 4.79 Å². The molecule has 2 heterocycles. The van der Waals surface area contributed by atoms with Gasteiger partial charge in [0.2, 0.25) is 5.82 Å². The van der Waals surface area contributed by atoms with E-state index in [1.807, 2.05) is 42.5 Å². The number of carbonyl (C=O) groups excluding carboxylic acids is 1. The van der Waals surface area contributed by atoms with Crippen LogP contribution in [0.1, 0.15) is 5.56 Å². The topological polar surface area (TPSA) is 108 Å². The van der Waals surface area contributed by atoms with Crippen LogP contribution in [-0.4, -0.2) is 35.5 Å². The van der Waals surface area contributed by atoms with Crippen molar-refractivity contribution < 1.29 is 18.7 Å². The SMILES string of the molecule is COc1cccc2oc(-c3nc4ccccc4c(=O)n3N=Cc3cc(Br)c(OCC(=O)Nc4ccccc4)c(Br)c3)cc12. The number of nitrogens with zero attached hydrogens (tertiary/aromatic N) is 3. The number of rotatable bonds is 8. The molecule has 9 nitrogen and oxygen atoms in total. The molecule has 1 N–H and O–H groups in total. The Morgan fingerprint density at radius 2 is 1.72 bits per heavy atom. The minimum atomic E-state index is -0.355. The Bertz CT molecular complexity index is 2050. The van der Waals surface area contributed by atoms with Crippen LogP contribution >= 0.6 is 31.9 Å². The van der Waals surface area contributed by atoms with Gasteiger partial charge in [-0.1, -0.05) is 36.4 Å². The fourth-order valence-corrected chi connectivity index (χ4v) is 5.94. The molecule has 0 spiro atoms. The van der Waals surface area contributed by atoms with Gasteiger partial charge >= 0.3 is 0 Å². The van der Waals surface area contributed by atoms with Gasteiger partial charge in [-0.15, -0.1) is 0 Å². The van der Waals surface area contributed by atoms with E-state index in [4.69, 9.17) is 18.9 Å². The molecule has 4 aromatic carbocycles. The van der Waals surface area contributed by atoms with Crippen LogP contribution in [0.4, 0.5) is 5.69 Å². The predicted octanol–water partition coefficient (Wildman–Crippen LogP) is 7.24. The monoisotopic (exact) mass is 700 g/mol. The third-order valence-corrected chi connectivity index (χ3v) is 7.64. The molecule has 214 valence electrons. The molecule has 0 aliphatic rings. The van der Waals surface area contributed by atoms with Gasteiger partial charge in [-0.05, 0) is 92.0 Å². The molecule has 11 heteroatoms. The number of hydrogen-bond acceptors (Lipinski definition) is 7. The molecule has 0 saturated heterocycles. The summed E-state index contributed by atoms with van der Waals surface area (Å²) < 4.78 is 19.7.